The topological polar surface area (TPSA) is 51.2 Å². The van der Waals surface area contributed by atoms with E-state index in [1.54, 1.807) is 5.51 Å². The van der Waals surface area contributed by atoms with E-state index in [1.807, 2.05) is 27.7 Å². The van der Waals surface area contributed by atoms with Gasteiger partial charge in [0.05, 0.1) is 11.2 Å². The molecule has 0 aromatic carbocycles. The number of hydrogen-bond donors (Lipinski definition) is 1. The van der Waals surface area contributed by atoms with Gasteiger partial charge < -0.3 is 4.74 Å². The van der Waals surface area contributed by atoms with Crippen molar-refractivity contribution in [3.05, 3.63) is 11.2 Å². The Kier molecular flexibility index (Phi) is 3.10. The molecule has 0 aliphatic heterocycles. The van der Waals surface area contributed by atoms with Crippen molar-refractivity contribution >= 4 is 22.4 Å². The van der Waals surface area contributed by atoms with Crippen molar-refractivity contribution in [2.75, 3.05) is 5.32 Å². The fraction of sp³-hybridized carbons (Fsp3) is 0.556. The normalized spacial score (nSPS) is 11.1. The number of nitrogens with zero attached hydrogens (tertiary/aromatic N) is 1. The molecule has 0 fully saturated rings. The van der Waals surface area contributed by atoms with E-state index in [0.717, 1.165) is 10.7 Å². The van der Waals surface area contributed by atoms with Crippen LogP contribution in [0.1, 0.15) is 26.5 Å². The fourth-order valence-electron chi connectivity index (χ4n) is 0.818. The van der Waals surface area contributed by atoms with Crippen LogP contribution in [0.4, 0.5) is 9.80 Å². The summed E-state index contributed by atoms with van der Waals surface area (Å²) in [6, 6.07) is 0. The number of anilines is 1. The monoisotopic (exact) mass is 214 g/mol. The van der Waals surface area contributed by atoms with Gasteiger partial charge in [0.2, 0.25) is 0 Å². The Morgan fingerprint density at radius 3 is 2.64 bits per heavy atom. The summed E-state index contributed by atoms with van der Waals surface area (Å²) in [4.78, 5) is 15.3. The molecule has 0 radical (unpaired) electrons. The maximum atomic E-state index is 11.3. The van der Waals surface area contributed by atoms with E-state index in [0.29, 0.717) is 0 Å². The van der Waals surface area contributed by atoms with Gasteiger partial charge in [0, 0.05) is 0 Å². The highest BCUT2D eigenvalue weighted by Gasteiger charge is 2.17. The maximum absolute atomic E-state index is 11.3. The van der Waals surface area contributed by atoms with Crippen molar-refractivity contribution in [2.45, 2.75) is 33.3 Å². The second-order valence-electron chi connectivity index (χ2n) is 3.89. The van der Waals surface area contributed by atoms with E-state index in [1.165, 1.54) is 11.3 Å². The van der Waals surface area contributed by atoms with E-state index in [-0.39, 0.29) is 0 Å². The number of aromatic nitrogens is 1. The molecule has 0 atom stereocenters. The molecule has 4 nitrogen and oxygen atoms in total. The highest BCUT2D eigenvalue weighted by atomic mass is 32.1. The zero-order chi connectivity index (χ0) is 10.8. The number of carbonyl (C=O) groups excluding carboxylic acids is 1. The van der Waals surface area contributed by atoms with Crippen molar-refractivity contribution in [3.8, 4) is 0 Å². The number of ether oxygens (including phenoxy) is 1. The Labute approximate surface area is 87.3 Å². The molecule has 1 aromatic heterocycles. The number of nitrogens with one attached hydrogen (secondary N) is 1. The number of rotatable bonds is 1. The van der Waals surface area contributed by atoms with Gasteiger partial charge in [-0.3, -0.25) is 5.32 Å². The molecule has 1 aromatic rings. The lowest BCUT2D eigenvalue weighted by atomic mass is 10.2. The Bertz CT molecular complexity index is 328. The van der Waals surface area contributed by atoms with E-state index in [2.05, 4.69) is 10.3 Å². The molecule has 0 bridgehead atoms. The first-order chi connectivity index (χ1) is 6.38. The van der Waals surface area contributed by atoms with Crippen LogP contribution in [-0.2, 0) is 4.74 Å². The fourth-order valence-corrected chi connectivity index (χ4v) is 1.50. The summed E-state index contributed by atoms with van der Waals surface area (Å²) in [5.74, 6) is 0. The van der Waals surface area contributed by atoms with Crippen LogP contribution in [0.5, 0.6) is 0 Å². The lowest BCUT2D eigenvalue weighted by Gasteiger charge is -2.19. The molecule has 0 aliphatic rings. The van der Waals surface area contributed by atoms with Crippen LogP contribution in [0.25, 0.3) is 0 Å². The van der Waals surface area contributed by atoms with Gasteiger partial charge in [-0.25, -0.2) is 9.78 Å². The van der Waals surface area contributed by atoms with E-state index < -0.39 is 11.7 Å². The Morgan fingerprint density at radius 1 is 1.57 bits per heavy atom. The summed E-state index contributed by atoms with van der Waals surface area (Å²) < 4.78 is 5.09. The first kappa shape index (κ1) is 11.0. The van der Waals surface area contributed by atoms with Crippen LogP contribution in [0.15, 0.2) is 5.51 Å². The summed E-state index contributed by atoms with van der Waals surface area (Å²) in [6.07, 6.45) is -0.440. The quantitative estimate of drug-likeness (QED) is 0.782. The van der Waals surface area contributed by atoms with Crippen LogP contribution >= 0.6 is 11.3 Å². The van der Waals surface area contributed by atoms with Gasteiger partial charge in [-0.2, -0.15) is 0 Å². The molecule has 1 amide bonds. The molecule has 1 N–H and O–H groups in total. The molecule has 0 saturated carbocycles. The molecule has 0 spiro atoms. The molecular formula is C9H14N2O2S. The van der Waals surface area contributed by atoms with Gasteiger partial charge in [0.15, 0.2) is 0 Å². The third kappa shape index (κ3) is 3.33. The van der Waals surface area contributed by atoms with Crippen LogP contribution in [0.2, 0.25) is 0 Å². The number of aryl methyl sites for hydroxylation is 1. The van der Waals surface area contributed by atoms with Gasteiger partial charge in [-0.1, -0.05) is 0 Å². The van der Waals surface area contributed by atoms with Gasteiger partial charge in [0.25, 0.3) is 0 Å². The van der Waals surface area contributed by atoms with E-state index in [9.17, 15) is 4.79 Å². The van der Waals surface area contributed by atoms with Crippen LogP contribution in [0, 0.1) is 6.92 Å². The van der Waals surface area contributed by atoms with Crippen molar-refractivity contribution < 1.29 is 9.53 Å². The Balaban J connectivity index is 2.54. The predicted molar refractivity (Wildman–Crippen MR) is 56.7 cm³/mol. The minimum atomic E-state index is -0.470. The highest BCUT2D eigenvalue weighted by molar-refractivity contribution is 7.14. The van der Waals surface area contributed by atoms with Crippen LogP contribution in [-0.4, -0.2) is 16.7 Å². The lowest BCUT2D eigenvalue weighted by Crippen LogP contribution is -2.27. The van der Waals surface area contributed by atoms with Gasteiger partial charge >= 0.3 is 6.09 Å². The zero-order valence-electron chi connectivity index (χ0n) is 8.75. The molecule has 0 saturated heterocycles. The minimum Gasteiger partial charge on any atom is -0.444 e. The highest BCUT2D eigenvalue weighted by Crippen LogP contribution is 2.19. The van der Waals surface area contributed by atoms with Crippen molar-refractivity contribution in [1.29, 1.82) is 0 Å². The number of carbonyl (C=O) groups is 1. The average Bonchev–Trinajstić information content (AvgIpc) is 2.32. The Morgan fingerprint density at radius 2 is 2.21 bits per heavy atom. The third-order valence-corrected chi connectivity index (χ3v) is 2.20. The van der Waals surface area contributed by atoms with Crippen molar-refractivity contribution in [2.24, 2.45) is 0 Å². The van der Waals surface area contributed by atoms with Gasteiger partial charge in [0.1, 0.15) is 10.6 Å². The van der Waals surface area contributed by atoms with E-state index >= 15 is 0 Å². The largest absolute Gasteiger partial charge is 0.444 e. The summed E-state index contributed by atoms with van der Waals surface area (Å²) in [6.45, 7) is 7.31. The first-order valence-corrected chi connectivity index (χ1v) is 5.16. The smallest absolute Gasteiger partial charge is 0.412 e. The number of hydrogen-bond acceptors (Lipinski definition) is 4. The summed E-state index contributed by atoms with van der Waals surface area (Å²) >= 11 is 1.38. The van der Waals surface area contributed by atoms with Crippen LogP contribution in [0.3, 0.4) is 0 Å². The van der Waals surface area contributed by atoms with Crippen molar-refractivity contribution in [3.63, 3.8) is 0 Å². The van der Waals surface area contributed by atoms with Gasteiger partial charge in [-0.15, -0.1) is 11.3 Å². The average molecular weight is 214 g/mol. The van der Waals surface area contributed by atoms with Gasteiger partial charge in [-0.05, 0) is 27.7 Å². The molecule has 0 unspecified atom stereocenters. The second kappa shape index (κ2) is 3.96. The Hall–Kier alpha value is -1.10. The number of amides is 1. The molecule has 1 rings (SSSR count). The van der Waals surface area contributed by atoms with Crippen LogP contribution < -0.4 is 5.32 Å². The van der Waals surface area contributed by atoms with E-state index in [4.69, 9.17) is 4.74 Å². The molecule has 78 valence electrons. The SMILES string of the molecule is Cc1ncsc1NC(=O)OC(C)(C)C. The lowest BCUT2D eigenvalue weighted by molar-refractivity contribution is 0.0636. The van der Waals surface area contributed by atoms with Crippen molar-refractivity contribution in [1.82, 2.24) is 4.98 Å². The minimum absolute atomic E-state index is 0.440. The maximum Gasteiger partial charge on any atom is 0.412 e. The third-order valence-electron chi connectivity index (χ3n) is 1.36. The summed E-state index contributed by atoms with van der Waals surface area (Å²) in [5.41, 5.74) is 2.02. The summed E-state index contributed by atoms with van der Waals surface area (Å²) in [7, 11) is 0. The molecule has 1 heterocycles. The first-order valence-electron chi connectivity index (χ1n) is 4.28. The zero-order valence-corrected chi connectivity index (χ0v) is 9.57. The molecule has 5 heteroatoms. The summed E-state index contributed by atoms with van der Waals surface area (Å²) in [5, 5.41) is 3.38. The molecule has 14 heavy (non-hydrogen) atoms. The standard InChI is InChI=1S/C9H14N2O2S/c1-6-7(14-5-10-6)11-8(12)13-9(2,3)4/h5H,1-4H3,(H,11,12). The molecular weight excluding hydrogens is 200 g/mol. The predicted octanol–water partition coefficient (Wildman–Crippen LogP) is 2.80. The molecule has 0 aliphatic carbocycles. The number of thiazole rings is 1. The second-order valence-corrected chi connectivity index (χ2v) is 4.75.